The first-order valence-electron chi connectivity index (χ1n) is 3.83. The number of aromatic hydroxyl groups is 1. The summed E-state index contributed by atoms with van der Waals surface area (Å²) in [5, 5.41) is 17.9. The molecule has 1 aromatic rings. The Kier molecular flexibility index (Phi) is 1.36. The number of hydrogen-bond acceptors (Lipinski definition) is 2. The Balaban J connectivity index is 2.46. The van der Waals surface area contributed by atoms with Gasteiger partial charge in [0.1, 0.15) is 5.75 Å². The predicted octanol–water partition coefficient (Wildman–Crippen LogP) is 1.23. The lowest BCUT2D eigenvalue weighted by molar-refractivity contribution is 0.0681. The summed E-state index contributed by atoms with van der Waals surface area (Å²) in [6, 6.07) is 1.71. The third kappa shape index (κ3) is 0.958. The lowest BCUT2D eigenvalue weighted by atomic mass is 10.4. The van der Waals surface area contributed by atoms with Gasteiger partial charge in [-0.15, -0.1) is 0 Å². The molecule has 4 heteroatoms. The summed E-state index contributed by atoms with van der Waals surface area (Å²) in [6.07, 6.45) is 3.64. The molecule has 0 saturated heterocycles. The summed E-state index contributed by atoms with van der Waals surface area (Å²) >= 11 is 0. The van der Waals surface area contributed by atoms with Crippen molar-refractivity contribution in [3.8, 4) is 5.75 Å². The zero-order chi connectivity index (χ0) is 8.72. The first kappa shape index (κ1) is 7.21. The summed E-state index contributed by atoms with van der Waals surface area (Å²) in [5.41, 5.74) is 0.0116. The first-order chi connectivity index (χ1) is 5.70. The van der Waals surface area contributed by atoms with E-state index in [4.69, 9.17) is 5.11 Å². The molecule has 2 rings (SSSR count). The summed E-state index contributed by atoms with van der Waals surface area (Å²) < 4.78 is 1.62. The van der Waals surface area contributed by atoms with Crippen LogP contribution in [0.4, 0.5) is 0 Å². The van der Waals surface area contributed by atoms with Crippen molar-refractivity contribution in [3.05, 3.63) is 18.0 Å². The highest BCUT2D eigenvalue weighted by atomic mass is 16.4. The molecule has 1 aliphatic rings. The van der Waals surface area contributed by atoms with Crippen LogP contribution in [-0.2, 0) is 0 Å². The number of carboxylic acid groups (broad SMARTS) is 1. The van der Waals surface area contributed by atoms with Crippen molar-refractivity contribution in [2.75, 3.05) is 0 Å². The molecule has 0 unspecified atom stereocenters. The van der Waals surface area contributed by atoms with Crippen molar-refractivity contribution < 1.29 is 15.0 Å². The minimum atomic E-state index is -1.07. The SMILES string of the molecule is O=C(O)c1c(O)ccn1C1CC1. The highest BCUT2D eigenvalue weighted by molar-refractivity contribution is 5.89. The van der Waals surface area contributed by atoms with E-state index in [9.17, 15) is 9.90 Å². The third-order valence-electron chi connectivity index (χ3n) is 2.04. The zero-order valence-electron chi connectivity index (χ0n) is 6.40. The molecule has 1 heterocycles. The van der Waals surface area contributed by atoms with Crippen LogP contribution < -0.4 is 0 Å². The molecular weight excluding hydrogens is 158 g/mol. The van der Waals surface area contributed by atoms with Crippen LogP contribution in [0.25, 0.3) is 0 Å². The molecule has 4 nitrogen and oxygen atoms in total. The second-order valence-corrected chi connectivity index (χ2v) is 2.99. The largest absolute Gasteiger partial charge is 0.505 e. The fourth-order valence-electron chi connectivity index (χ4n) is 1.31. The molecule has 2 N–H and O–H groups in total. The molecule has 0 atom stereocenters. The second kappa shape index (κ2) is 2.27. The molecule has 1 aliphatic carbocycles. The van der Waals surface area contributed by atoms with Gasteiger partial charge in [-0.1, -0.05) is 0 Å². The van der Waals surface area contributed by atoms with Gasteiger partial charge in [-0.3, -0.25) is 0 Å². The van der Waals surface area contributed by atoms with Crippen molar-refractivity contribution in [3.63, 3.8) is 0 Å². The number of aromatic carboxylic acids is 1. The van der Waals surface area contributed by atoms with Crippen LogP contribution in [0.2, 0.25) is 0 Å². The third-order valence-corrected chi connectivity index (χ3v) is 2.04. The maximum atomic E-state index is 10.7. The quantitative estimate of drug-likeness (QED) is 0.696. The number of aromatic nitrogens is 1. The molecule has 1 fully saturated rings. The molecular formula is C8H9NO3. The second-order valence-electron chi connectivity index (χ2n) is 2.99. The topological polar surface area (TPSA) is 62.5 Å². The lowest BCUT2D eigenvalue weighted by Crippen LogP contribution is -2.06. The molecule has 0 radical (unpaired) electrons. The van der Waals surface area contributed by atoms with E-state index in [-0.39, 0.29) is 17.5 Å². The number of carboxylic acids is 1. The van der Waals surface area contributed by atoms with Crippen molar-refractivity contribution in [2.45, 2.75) is 18.9 Å². The highest BCUT2D eigenvalue weighted by Gasteiger charge is 2.28. The van der Waals surface area contributed by atoms with E-state index in [0.29, 0.717) is 0 Å². The van der Waals surface area contributed by atoms with Gasteiger partial charge in [0.25, 0.3) is 0 Å². The summed E-state index contributed by atoms with van der Waals surface area (Å²) in [7, 11) is 0. The summed E-state index contributed by atoms with van der Waals surface area (Å²) in [5.74, 6) is -1.21. The summed E-state index contributed by atoms with van der Waals surface area (Å²) in [6.45, 7) is 0. The van der Waals surface area contributed by atoms with Gasteiger partial charge in [0.2, 0.25) is 0 Å². The minimum Gasteiger partial charge on any atom is -0.505 e. The van der Waals surface area contributed by atoms with Crippen molar-refractivity contribution in [1.82, 2.24) is 4.57 Å². The molecule has 64 valence electrons. The van der Waals surface area contributed by atoms with Gasteiger partial charge in [0.15, 0.2) is 5.69 Å². The number of carbonyl (C=O) groups is 1. The normalized spacial score (nSPS) is 16.3. The van der Waals surface area contributed by atoms with Crippen LogP contribution in [0.3, 0.4) is 0 Å². The molecule has 0 amide bonds. The maximum Gasteiger partial charge on any atom is 0.356 e. The Morgan fingerprint density at radius 2 is 2.25 bits per heavy atom. The van der Waals surface area contributed by atoms with Crippen LogP contribution >= 0.6 is 0 Å². The number of nitrogens with zero attached hydrogens (tertiary/aromatic N) is 1. The van der Waals surface area contributed by atoms with Gasteiger partial charge in [0.05, 0.1) is 0 Å². The van der Waals surface area contributed by atoms with Gasteiger partial charge in [-0.05, 0) is 18.9 Å². The van der Waals surface area contributed by atoms with Crippen molar-refractivity contribution >= 4 is 5.97 Å². The first-order valence-corrected chi connectivity index (χ1v) is 3.83. The molecule has 12 heavy (non-hydrogen) atoms. The Morgan fingerprint density at radius 3 is 2.75 bits per heavy atom. The van der Waals surface area contributed by atoms with Gasteiger partial charge in [-0.25, -0.2) is 4.79 Å². The minimum absolute atomic E-state index is 0.0116. The van der Waals surface area contributed by atoms with E-state index in [2.05, 4.69) is 0 Å². The number of hydrogen-bond donors (Lipinski definition) is 2. The Labute approximate surface area is 69.1 Å². The van der Waals surface area contributed by atoms with E-state index in [1.54, 1.807) is 10.8 Å². The molecule has 0 aromatic carbocycles. The van der Waals surface area contributed by atoms with Gasteiger partial charge >= 0.3 is 5.97 Å². The predicted molar refractivity (Wildman–Crippen MR) is 41.3 cm³/mol. The van der Waals surface area contributed by atoms with E-state index >= 15 is 0 Å². The number of rotatable bonds is 2. The molecule has 0 aliphatic heterocycles. The average molecular weight is 167 g/mol. The average Bonchev–Trinajstić information content (AvgIpc) is 2.75. The molecule has 1 saturated carbocycles. The van der Waals surface area contributed by atoms with Crippen molar-refractivity contribution in [1.29, 1.82) is 0 Å². The van der Waals surface area contributed by atoms with Crippen molar-refractivity contribution in [2.24, 2.45) is 0 Å². The standard InChI is InChI=1S/C8H9NO3/c10-6-3-4-9(5-1-2-5)7(6)8(11)12/h3-5,10H,1-2H2,(H,11,12). The molecule has 0 spiro atoms. The molecule has 0 bridgehead atoms. The van der Waals surface area contributed by atoms with Gasteiger partial charge < -0.3 is 14.8 Å². The Bertz CT molecular complexity index is 325. The van der Waals surface area contributed by atoms with E-state index in [1.165, 1.54) is 6.07 Å². The van der Waals surface area contributed by atoms with E-state index in [1.807, 2.05) is 0 Å². The Morgan fingerprint density at radius 1 is 1.58 bits per heavy atom. The van der Waals surface area contributed by atoms with Crippen LogP contribution in [0.15, 0.2) is 12.3 Å². The van der Waals surface area contributed by atoms with E-state index in [0.717, 1.165) is 12.8 Å². The molecule has 1 aromatic heterocycles. The van der Waals surface area contributed by atoms with E-state index < -0.39 is 5.97 Å². The fraction of sp³-hybridized carbons (Fsp3) is 0.375. The van der Waals surface area contributed by atoms with Crippen LogP contribution in [-0.4, -0.2) is 20.7 Å². The fourth-order valence-corrected chi connectivity index (χ4v) is 1.31. The maximum absolute atomic E-state index is 10.7. The smallest absolute Gasteiger partial charge is 0.356 e. The Hall–Kier alpha value is -1.45. The van der Waals surface area contributed by atoms with Crippen LogP contribution in [0.5, 0.6) is 5.75 Å². The summed E-state index contributed by atoms with van der Waals surface area (Å²) in [4.78, 5) is 10.7. The van der Waals surface area contributed by atoms with Crippen LogP contribution in [0, 0.1) is 0 Å². The van der Waals surface area contributed by atoms with Crippen LogP contribution in [0.1, 0.15) is 29.4 Å². The van der Waals surface area contributed by atoms with Gasteiger partial charge in [0, 0.05) is 12.2 Å². The van der Waals surface area contributed by atoms with Gasteiger partial charge in [-0.2, -0.15) is 0 Å². The highest BCUT2D eigenvalue weighted by Crippen LogP contribution is 2.38. The monoisotopic (exact) mass is 167 g/mol. The zero-order valence-corrected chi connectivity index (χ0v) is 6.40. The lowest BCUT2D eigenvalue weighted by Gasteiger charge is -2.02.